The lowest BCUT2D eigenvalue weighted by molar-refractivity contribution is 0.102. The number of anilines is 1. The SMILES string of the molecule is COc1ccc(NC(=O)c2cn(C)nc2S(=O)(=O)N2CCCCCC2)c(F)c1. The van der Waals surface area contributed by atoms with Gasteiger partial charge in [0.05, 0.1) is 18.4 Å². The minimum Gasteiger partial charge on any atom is -0.497 e. The van der Waals surface area contributed by atoms with Gasteiger partial charge in [-0.25, -0.2) is 12.8 Å². The number of nitrogens with zero attached hydrogens (tertiary/aromatic N) is 3. The minimum atomic E-state index is -3.93. The van der Waals surface area contributed by atoms with Gasteiger partial charge in [0.1, 0.15) is 11.6 Å². The van der Waals surface area contributed by atoms with Crippen molar-refractivity contribution in [1.29, 1.82) is 0 Å². The van der Waals surface area contributed by atoms with Gasteiger partial charge in [-0.3, -0.25) is 9.48 Å². The first-order valence-corrected chi connectivity index (χ1v) is 10.5. The second-order valence-corrected chi connectivity index (χ2v) is 8.49. The van der Waals surface area contributed by atoms with Gasteiger partial charge in [0, 0.05) is 32.4 Å². The number of amides is 1. The zero-order valence-electron chi connectivity index (χ0n) is 15.8. The first-order valence-electron chi connectivity index (χ1n) is 9.01. The van der Waals surface area contributed by atoms with Crippen LogP contribution < -0.4 is 10.1 Å². The zero-order chi connectivity index (χ0) is 20.3. The molecule has 0 saturated carbocycles. The summed E-state index contributed by atoms with van der Waals surface area (Å²) in [6, 6.07) is 3.98. The van der Waals surface area contributed by atoms with Gasteiger partial charge < -0.3 is 10.1 Å². The van der Waals surface area contributed by atoms with Crippen LogP contribution in [0.5, 0.6) is 5.75 Å². The first-order chi connectivity index (χ1) is 13.3. The van der Waals surface area contributed by atoms with Crippen molar-refractivity contribution in [2.24, 2.45) is 7.05 Å². The maximum absolute atomic E-state index is 14.1. The number of halogens is 1. The van der Waals surface area contributed by atoms with E-state index in [1.165, 1.54) is 41.5 Å². The highest BCUT2D eigenvalue weighted by Crippen LogP contribution is 2.25. The van der Waals surface area contributed by atoms with Crippen molar-refractivity contribution in [2.75, 3.05) is 25.5 Å². The molecular formula is C18H23FN4O4S. The fraction of sp³-hybridized carbons (Fsp3) is 0.444. The Kier molecular flexibility index (Phi) is 5.99. The molecule has 1 aliphatic heterocycles. The summed E-state index contributed by atoms with van der Waals surface area (Å²) >= 11 is 0. The molecule has 1 fully saturated rings. The molecule has 2 aromatic rings. The summed E-state index contributed by atoms with van der Waals surface area (Å²) in [6.07, 6.45) is 4.80. The lowest BCUT2D eigenvalue weighted by Gasteiger charge is -2.19. The number of hydrogen-bond donors (Lipinski definition) is 1. The molecule has 1 aromatic carbocycles. The highest BCUT2D eigenvalue weighted by molar-refractivity contribution is 7.89. The Hall–Kier alpha value is -2.46. The fourth-order valence-corrected chi connectivity index (χ4v) is 4.77. The van der Waals surface area contributed by atoms with E-state index >= 15 is 0 Å². The molecule has 8 nitrogen and oxygen atoms in total. The second kappa shape index (κ2) is 8.27. The summed E-state index contributed by atoms with van der Waals surface area (Å²) in [4.78, 5) is 12.7. The predicted octanol–water partition coefficient (Wildman–Crippen LogP) is 2.38. The van der Waals surface area contributed by atoms with Crippen LogP contribution in [0.25, 0.3) is 0 Å². The molecule has 1 N–H and O–H groups in total. The van der Waals surface area contributed by atoms with E-state index in [4.69, 9.17) is 4.74 Å². The maximum atomic E-state index is 14.1. The highest BCUT2D eigenvalue weighted by Gasteiger charge is 2.33. The molecule has 10 heteroatoms. The molecule has 152 valence electrons. The Balaban J connectivity index is 1.90. The molecular weight excluding hydrogens is 387 g/mol. The molecule has 1 aromatic heterocycles. The molecule has 0 atom stereocenters. The Labute approximate surface area is 163 Å². The van der Waals surface area contributed by atoms with Crippen LogP contribution in [0.4, 0.5) is 10.1 Å². The predicted molar refractivity (Wildman–Crippen MR) is 101 cm³/mol. The van der Waals surface area contributed by atoms with Crippen LogP contribution in [0.15, 0.2) is 29.4 Å². The standard InChI is InChI=1S/C18H23FN4O4S/c1-22-12-14(17(24)20-16-8-7-13(27-2)11-15(16)19)18(21-22)28(25,26)23-9-5-3-4-6-10-23/h7-8,11-12H,3-6,9-10H2,1-2H3,(H,20,24). The van der Waals surface area contributed by atoms with Crippen molar-refractivity contribution < 1.29 is 22.3 Å². The van der Waals surface area contributed by atoms with Crippen molar-refractivity contribution in [3.8, 4) is 5.75 Å². The second-order valence-electron chi connectivity index (χ2n) is 6.64. The smallest absolute Gasteiger partial charge is 0.263 e. The van der Waals surface area contributed by atoms with Gasteiger partial charge in [-0.2, -0.15) is 9.40 Å². The largest absolute Gasteiger partial charge is 0.497 e. The van der Waals surface area contributed by atoms with E-state index in [1.54, 1.807) is 0 Å². The van der Waals surface area contributed by atoms with Gasteiger partial charge in [0.25, 0.3) is 15.9 Å². The molecule has 0 bridgehead atoms. The summed E-state index contributed by atoms with van der Waals surface area (Å²) < 4.78 is 47.8. The molecule has 2 heterocycles. The average Bonchev–Trinajstić information content (AvgIpc) is 2.88. The number of aryl methyl sites for hydroxylation is 1. The lowest BCUT2D eigenvalue weighted by atomic mass is 10.2. The Morgan fingerprint density at radius 2 is 1.89 bits per heavy atom. The lowest BCUT2D eigenvalue weighted by Crippen LogP contribution is -2.33. The number of carbonyl (C=O) groups is 1. The van der Waals surface area contributed by atoms with Crippen molar-refractivity contribution in [3.05, 3.63) is 35.8 Å². The third-order valence-electron chi connectivity index (χ3n) is 4.61. The van der Waals surface area contributed by atoms with Crippen molar-refractivity contribution in [1.82, 2.24) is 14.1 Å². The molecule has 28 heavy (non-hydrogen) atoms. The molecule has 0 aliphatic carbocycles. The van der Waals surface area contributed by atoms with Gasteiger partial charge in [-0.1, -0.05) is 12.8 Å². The molecule has 3 rings (SSSR count). The summed E-state index contributed by atoms with van der Waals surface area (Å²) in [6.45, 7) is 0.792. The first kappa shape index (κ1) is 20.3. The molecule has 0 spiro atoms. The van der Waals surface area contributed by atoms with Crippen LogP contribution in [-0.2, 0) is 17.1 Å². The van der Waals surface area contributed by atoms with E-state index < -0.39 is 21.7 Å². The van der Waals surface area contributed by atoms with Crippen LogP contribution in [0.2, 0.25) is 0 Å². The van der Waals surface area contributed by atoms with Crippen LogP contribution in [0.1, 0.15) is 36.0 Å². The van der Waals surface area contributed by atoms with E-state index in [0.29, 0.717) is 18.8 Å². The third kappa shape index (κ3) is 4.17. The van der Waals surface area contributed by atoms with Crippen molar-refractivity contribution >= 4 is 21.6 Å². The summed E-state index contributed by atoms with van der Waals surface area (Å²) in [5, 5.41) is 6.11. The van der Waals surface area contributed by atoms with Gasteiger partial charge in [-0.15, -0.1) is 0 Å². The minimum absolute atomic E-state index is 0.0761. The number of sulfonamides is 1. The monoisotopic (exact) mass is 410 g/mol. The van der Waals surface area contributed by atoms with Crippen molar-refractivity contribution in [3.63, 3.8) is 0 Å². The van der Waals surface area contributed by atoms with E-state index in [9.17, 15) is 17.6 Å². The summed E-state index contributed by atoms with van der Waals surface area (Å²) in [5.74, 6) is -1.12. The molecule has 0 radical (unpaired) electrons. The van der Waals surface area contributed by atoms with Gasteiger partial charge in [-0.05, 0) is 25.0 Å². The molecule has 0 unspecified atom stereocenters. The zero-order valence-corrected chi connectivity index (χ0v) is 16.6. The average molecular weight is 410 g/mol. The number of aromatic nitrogens is 2. The van der Waals surface area contributed by atoms with Gasteiger partial charge in [0.15, 0.2) is 0 Å². The molecule has 1 aliphatic rings. The quantitative estimate of drug-likeness (QED) is 0.817. The van der Waals surface area contributed by atoms with Gasteiger partial charge in [0.2, 0.25) is 5.03 Å². The van der Waals surface area contributed by atoms with E-state index in [0.717, 1.165) is 31.7 Å². The molecule has 1 amide bonds. The topological polar surface area (TPSA) is 93.5 Å². The molecule has 1 saturated heterocycles. The Morgan fingerprint density at radius 3 is 2.50 bits per heavy atom. The van der Waals surface area contributed by atoms with Gasteiger partial charge >= 0.3 is 0 Å². The summed E-state index contributed by atoms with van der Waals surface area (Å²) in [5.41, 5.74) is -0.199. The number of nitrogens with one attached hydrogen (secondary N) is 1. The van der Waals surface area contributed by atoms with E-state index in [1.807, 2.05) is 0 Å². The third-order valence-corrected chi connectivity index (χ3v) is 6.45. The van der Waals surface area contributed by atoms with Crippen LogP contribution >= 0.6 is 0 Å². The Morgan fingerprint density at radius 1 is 1.21 bits per heavy atom. The van der Waals surface area contributed by atoms with E-state index in [-0.39, 0.29) is 16.3 Å². The van der Waals surface area contributed by atoms with Crippen LogP contribution in [0, 0.1) is 5.82 Å². The summed E-state index contributed by atoms with van der Waals surface area (Å²) in [7, 11) is -0.987. The number of hydrogen-bond acceptors (Lipinski definition) is 5. The Bertz CT molecular complexity index is 966. The number of rotatable bonds is 5. The number of benzene rings is 1. The number of ether oxygens (including phenoxy) is 1. The number of carbonyl (C=O) groups excluding carboxylic acids is 1. The van der Waals surface area contributed by atoms with E-state index in [2.05, 4.69) is 10.4 Å². The van der Waals surface area contributed by atoms with Crippen LogP contribution in [-0.4, -0.2) is 48.6 Å². The maximum Gasteiger partial charge on any atom is 0.263 e. The fourth-order valence-electron chi connectivity index (χ4n) is 3.13. The number of methoxy groups -OCH3 is 1. The normalized spacial score (nSPS) is 15.8. The van der Waals surface area contributed by atoms with Crippen molar-refractivity contribution in [2.45, 2.75) is 30.7 Å². The van der Waals surface area contributed by atoms with Crippen LogP contribution in [0.3, 0.4) is 0 Å². The highest BCUT2D eigenvalue weighted by atomic mass is 32.2.